The molecule has 7 nitrogen and oxygen atoms in total. The van der Waals surface area contributed by atoms with E-state index in [-0.39, 0.29) is 18.4 Å². The number of carbonyl (C=O) groups excluding carboxylic acids is 1. The van der Waals surface area contributed by atoms with Crippen molar-refractivity contribution in [1.29, 1.82) is 0 Å². The first kappa shape index (κ1) is 13.5. The minimum Gasteiger partial charge on any atom is -0.349 e. The van der Waals surface area contributed by atoms with Crippen LogP contribution in [0.25, 0.3) is 0 Å². The van der Waals surface area contributed by atoms with Gasteiger partial charge < -0.3 is 9.80 Å². The highest BCUT2D eigenvalue weighted by Gasteiger charge is 2.14. The molecule has 0 aromatic carbocycles. The Bertz CT molecular complexity index is 410. The average molecular weight is 259 g/mol. The second kappa shape index (κ2) is 5.65. The highest BCUT2D eigenvalue weighted by Crippen LogP contribution is 2.22. The van der Waals surface area contributed by atoms with Crippen molar-refractivity contribution in [3.63, 3.8) is 0 Å². The Morgan fingerprint density at radius 2 is 2.18 bits per heavy atom. The molecule has 3 N–H and O–H groups in total. The molecule has 0 unspecified atom stereocenters. The van der Waals surface area contributed by atoms with Crippen molar-refractivity contribution < 1.29 is 4.79 Å². The van der Waals surface area contributed by atoms with Crippen molar-refractivity contribution in [3.8, 4) is 0 Å². The van der Waals surface area contributed by atoms with Crippen LogP contribution >= 0.6 is 11.6 Å². The number of rotatable bonds is 4. The van der Waals surface area contributed by atoms with Gasteiger partial charge in [-0.3, -0.25) is 10.2 Å². The van der Waals surface area contributed by atoms with Gasteiger partial charge in [-0.25, -0.2) is 10.8 Å². The van der Waals surface area contributed by atoms with Gasteiger partial charge in [0, 0.05) is 21.1 Å². The number of hydrazine groups is 1. The predicted molar refractivity (Wildman–Crippen MR) is 66.8 cm³/mol. The summed E-state index contributed by atoms with van der Waals surface area (Å²) in [6, 6.07) is 0. The van der Waals surface area contributed by atoms with Crippen LogP contribution in [0, 0.1) is 0 Å². The normalized spacial score (nSPS) is 9.94. The summed E-state index contributed by atoms with van der Waals surface area (Å²) in [6.07, 6.45) is 1.43. The van der Waals surface area contributed by atoms with Gasteiger partial charge >= 0.3 is 0 Å². The highest BCUT2D eigenvalue weighted by atomic mass is 35.5. The molecule has 1 aromatic heterocycles. The van der Waals surface area contributed by atoms with E-state index in [9.17, 15) is 4.79 Å². The maximum absolute atomic E-state index is 11.5. The van der Waals surface area contributed by atoms with E-state index >= 15 is 0 Å². The molecular formula is C9H15ClN6O. The summed E-state index contributed by atoms with van der Waals surface area (Å²) >= 11 is 5.95. The van der Waals surface area contributed by atoms with Crippen molar-refractivity contribution in [2.45, 2.75) is 0 Å². The summed E-state index contributed by atoms with van der Waals surface area (Å²) in [5.74, 6) is 5.85. The topological polar surface area (TPSA) is 87.4 Å². The van der Waals surface area contributed by atoms with Crippen molar-refractivity contribution in [2.75, 3.05) is 38.0 Å². The predicted octanol–water partition coefficient (Wildman–Crippen LogP) is -0.0600. The lowest BCUT2D eigenvalue weighted by Gasteiger charge is -2.21. The number of nitrogen functional groups attached to an aromatic ring is 1. The Hall–Kier alpha value is -1.60. The first-order valence-corrected chi connectivity index (χ1v) is 5.24. The SMILES string of the molecule is CN(C)C(=O)CN(C)c1nc(NN)ncc1Cl. The van der Waals surface area contributed by atoms with Gasteiger partial charge in [-0.2, -0.15) is 4.98 Å². The summed E-state index contributed by atoms with van der Waals surface area (Å²) in [6.45, 7) is 0.174. The molecule has 8 heteroatoms. The average Bonchev–Trinajstić information content (AvgIpc) is 2.29. The van der Waals surface area contributed by atoms with Crippen molar-refractivity contribution in [3.05, 3.63) is 11.2 Å². The minimum atomic E-state index is -0.0514. The van der Waals surface area contributed by atoms with Crippen LogP contribution in [0.5, 0.6) is 0 Å². The molecule has 0 aliphatic carbocycles. The number of aromatic nitrogens is 2. The summed E-state index contributed by atoms with van der Waals surface area (Å²) in [7, 11) is 5.09. The molecule has 1 amide bonds. The van der Waals surface area contributed by atoms with E-state index in [0.29, 0.717) is 10.8 Å². The Balaban J connectivity index is 2.87. The van der Waals surface area contributed by atoms with E-state index in [1.54, 1.807) is 26.0 Å². The second-order valence-electron chi connectivity index (χ2n) is 3.65. The Labute approximate surface area is 105 Å². The zero-order valence-corrected chi connectivity index (χ0v) is 10.7. The maximum atomic E-state index is 11.5. The molecule has 1 aromatic rings. The lowest BCUT2D eigenvalue weighted by molar-refractivity contribution is -0.127. The molecule has 0 spiro atoms. The molecule has 1 heterocycles. The van der Waals surface area contributed by atoms with Gasteiger partial charge in [0.2, 0.25) is 11.9 Å². The zero-order chi connectivity index (χ0) is 13.0. The molecular weight excluding hydrogens is 244 g/mol. The van der Waals surface area contributed by atoms with Crippen LogP contribution in [0.2, 0.25) is 5.02 Å². The molecule has 1 rings (SSSR count). The Morgan fingerprint density at radius 1 is 1.53 bits per heavy atom. The fraction of sp³-hybridized carbons (Fsp3) is 0.444. The van der Waals surface area contributed by atoms with Gasteiger partial charge in [0.1, 0.15) is 5.02 Å². The molecule has 0 atom stereocenters. The molecule has 94 valence electrons. The van der Waals surface area contributed by atoms with Gasteiger partial charge in [0.05, 0.1) is 12.7 Å². The fourth-order valence-corrected chi connectivity index (χ4v) is 1.35. The molecule has 0 aliphatic heterocycles. The first-order valence-electron chi connectivity index (χ1n) is 4.86. The van der Waals surface area contributed by atoms with Crippen LogP contribution in [0.3, 0.4) is 0 Å². The van der Waals surface area contributed by atoms with E-state index in [2.05, 4.69) is 15.4 Å². The molecule has 0 aliphatic rings. The van der Waals surface area contributed by atoms with Gasteiger partial charge in [0.15, 0.2) is 5.82 Å². The fourth-order valence-electron chi connectivity index (χ4n) is 1.11. The lowest BCUT2D eigenvalue weighted by Crippen LogP contribution is -2.35. The largest absolute Gasteiger partial charge is 0.349 e. The standard InChI is InChI=1S/C9H15ClN6O/c1-15(2)7(17)5-16(3)8-6(10)4-12-9(13-8)14-11/h4H,5,11H2,1-3H3,(H,12,13,14). The summed E-state index contributed by atoms with van der Waals surface area (Å²) < 4.78 is 0. The number of amides is 1. The molecule has 0 saturated heterocycles. The van der Waals surface area contributed by atoms with Crippen LogP contribution in [-0.2, 0) is 4.79 Å². The lowest BCUT2D eigenvalue weighted by atomic mass is 10.4. The smallest absolute Gasteiger partial charge is 0.241 e. The number of nitrogens with zero attached hydrogens (tertiary/aromatic N) is 4. The quantitative estimate of drug-likeness (QED) is 0.581. The number of hydrogen-bond acceptors (Lipinski definition) is 6. The number of nitrogens with one attached hydrogen (secondary N) is 1. The van der Waals surface area contributed by atoms with Crippen molar-refractivity contribution >= 4 is 29.3 Å². The van der Waals surface area contributed by atoms with Gasteiger partial charge in [-0.15, -0.1) is 0 Å². The zero-order valence-electron chi connectivity index (χ0n) is 9.94. The van der Waals surface area contributed by atoms with Crippen molar-refractivity contribution in [2.24, 2.45) is 5.84 Å². The number of likely N-dealkylation sites (N-methyl/N-ethyl adjacent to an activating group) is 2. The molecule has 0 bridgehead atoms. The van der Waals surface area contributed by atoms with E-state index < -0.39 is 0 Å². The van der Waals surface area contributed by atoms with E-state index in [1.807, 2.05) is 0 Å². The summed E-state index contributed by atoms with van der Waals surface area (Å²) in [5, 5.41) is 0.359. The second-order valence-corrected chi connectivity index (χ2v) is 4.06. The highest BCUT2D eigenvalue weighted by molar-refractivity contribution is 6.32. The van der Waals surface area contributed by atoms with Crippen LogP contribution in [0.4, 0.5) is 11.8 Å². The monoisotopic (exact) mass is 258 g/mol. The van der Waals surface area contributed by atoms with Gasteiger partial charge in [0.25, 0.3) is 0 Å². The Kier molecular flexibility index (Phi) is 4.47. The summed E-state index contributed by atoms with van der Waals surface area (Å²) in [4.78, 5) is 22.6. The van der Waals surface area contributed by atoms with Crippen molar-refractivity contribution in [1.82, 2.24) is 14.9 Å². The van der Waals surface area contributed by atoms with E-state index in [1.165, 1.54) is 11.1 Å². The molecule has 0 fully saturated rings. The third-order valence-electron chi connectivity index (χ3n) is 2.09. The van der Waals surface area contributed by atoms with Crippen LogP contribution < -0.4 is 16.2 Å². The van der Waals surface area contributed by atoms with Crippen LogP contribution in [0.1, 0.15) is 0 Å². The van der Waals surface area contributed by atoms with Gasteiger partial charge in [-0.1, -0.05) is 11.6 Å². The molecule has 0 radical (unpaired) electrons. The van der Waals surface area contributed by atoms with E-state index in [0.717, 1.165) is 0 Å². The number of anilines is 2. The number of nitrogens with two attached hydrogens (primary N) is 1. The van der Waals surface area contributed by atoms with Crippen LogP contribution in [-0.4, -0.2) is 48.5 Å². The first-order chi connectivity index (χ1) is 7.95. The Morgan fingerprint density at radius 3 is 2.71 bits per heavy atom. The van der Waals surface area contributed by atoms with E-state index in [4.69, 9.17) is 17.4 Å². The van der Waals surface area contributed by atoms with Gasteiger partial charge in [-0.05, 0) is 0 Å². The number of halogens is 1. The third-order valence-corrected chi connectivity index (χ3v) is 2.35. The van der Waals surface area contributed by atoms with Crippen LogP contribution in [0.15, 0.2) is 6.20 Å². The maximum Gasteiger partial charge on any atom is 0.241 e. The third kappa shape index (κ3) is 3.43. The summed E-state index contributed by atoms with van der Waals surface area (Å²) in [5.41, 5.74) is 2.32. The number of carbonyl (C=O) groups is 1. The molecule has 0 saturated carbocycles. The molecule has 17 heavy (non-hydrogen) atoms. The number of hydrogen-bond donors (Lipinski definition) is 2. The minimum absolute atomic E-state index is 0.0514.